The van der Waals surface area contributed by atoms with Gasteiger partial charge < -0.3 is 14.2 Å². The maximum atomic E-state index is 12.4. The van der Waals surface area contributed by atoms with Crippen molar-refractivity contribution in [3.63, 3.8) is 0 Å². The van der Waals surface area contributed by atoms with E-state index in [0.29, 0.717) is 27.8 Å². The van der Waals surface area contributed by atoms with Gasteiger partial charge in [0, 0.05) is 11.1 Å². The van der Waals surface area contributed by atoms with Crippen LogP contribution in [0.5, 0.6) is 17.2 Å². The number of ketones is 1. The number of benzene rings is 2. The highest BCUT2D eigenvalue weighted by molar-refractivity contribution is 6.30. The predicted octanol–water partition coefficient (Wildman–Crippen LogP) is 4.26. The first kappa shape index (κ1) is 16.9. The number of rotatable bonds is 6. The number of methoxy groups -OCH3 is 3. The zero-order valence-electron chi connectivity index (χ0n) is 13.1. The summed E-state index contributed by atoms with van der Waals surface area (Å²) in [4.78, 5) is 12.4. The van der Waals surface area contributed by atoms with Crippen LogP contribution in [0.3, 0.4) is 0 Å². The van der Waals surface area contributed by atoms with E-state index in [2.05, 4.69) is 0 Å². The van der Waals surface area contributed by atoms with Gasteiger partial charge in [-0.25, -0.2) is 0 Å². The Morgan fingerprint density at radius 3 is 2.04 bits per heavy atom. The fourth-order valence-electron chi connectivity index (χ4n) is 2.06. The Balaban J connectivity index is 2.32. The number of hydrogen-bond acceptors (Lipinski definition) is 4. The molecule has 0 unspecified atom stereocenters. The van der Waals surface area contributed by atoms with Crippen LogP contribution in [0.25, 0.3) is 6.08 Å². The molecule has 0 aromatic heterocycles. The molecule has 0 bridgehead atoms. The summed E-state index contributed by atoms with van der Waals surface area (Å²) in [6.07, 6.45) is 3.20. The minimum absolute atomic E-state index is 0.197. The minimum atomic E-state index is -0.197. The molecule has 2 rings (SSSR count). The van der Waals surface area contributed by atoms with Crippen molar-refractivity contribution in [2.45, 2.75) is 0 Å². The summed E-state index contributed by atoms with van der Waals surface area (Å²) < 4.78 is 15.7. The molecular weight excluding hydrogens is 316 g/mol. The van der Waals surface area contributed by atoms with Crippen molar-refractivity contribution in [1.29, 1.82) is 0 Å². The number of hydrogen-bond donors (Lipinski definition) is 0. The second kappa shape index (κ2) is 7.70. The van der Waals surface area contributed by atoms with E-state index in [1.165, 1.54) is 27.4 Å². The number of ether oxygens (including phenoxy) is 3. The van der Waals surface area contributed by atoms with Crippen LogP contribution in [-0.4, -0.2) is 27.1 Å². The van der Waals surface area contributed by atoms with E-state index < -0.39 is 0 Å². The Morgan fingerprint density at radius 1 is 0.913 bits per heavy atom. The van der Waals surface area contributed by atoms with E-state index in [9.17, 15) is 4.79 Å². The smallest absolute Gasteiger partial charge is 0.189 e. The van der Waals surface area contributed by atoms with Crippen LogP contribution in [0.1, 0.15) is 15.9 Å². The van der Waals surface area contributed by atoms with Gasteiger partial charge in [-0.2, -0.15) is 0 Å². The van der Waals surface area contributed by atoms with Crippen molar-refractivity contribution in [3.05, 3.63) is 58.6 Å². The summed E-state index contributed by atoms with van der Waals surface area (Å²) in [6.45, 7) is 0. The van der Waals surface area contributed by atoms with E-state index in [0.717, 1.165) is 5.56 Å². The summed E-state index contributed by atoms with van der Waals surface area (Å²) in [6, 6.07) is 10.4. The van der Waals surface area contributed by atoms with Crippen LogP contribution < -0.4 is 14.2 Å². The molecular formula is C18H17ClO4. The molecule has 0 aliphatic carbocycles. The Kier molecular flexibility index (Phi) is 5.66. The van der Waals surface area contributed by atoms with Crippen molar-refractivity contribution in [2.75, 3.05) is 21.3 Å². The summed E-state index contributed by atoms with van der Waals surface area (Å²) in [7, 11) is 4.54. The molecule has 120 valence electrons. The lowest BCUT2D eigenvalue weighted by molar-refractivity contribution is 0.104. The van der Waals surface area contributed by atoms with Gasteiger partial charge in [-0.15, -0.1) is 0 Å². The Labute approximate surface area is 140 Å². The first-order valence-electron chi connectivity index (χ1n) is 6.87. The molecule has 0 spiro atoms. The van der Waals surface area contributed by atoms with Gasteiger partial charge in [0.15, 0.2) is 17.3 Å². The molecule has 0 saturated carbocycles. The van der Waals surface area contributed by atoms with E-state index in [-0.39, 0.29) is 5.78 Å². The third-order valence-electron chi connectivity index (χ3n) is 3.27. The quantitative estimate of drug-likeness (QED) is 0.585. The lowest BCUT2D eigenvalue weighted by atomic mass is 10.1. The first-order chi connectivity index (χ1) is 11.1. The van der Waals surface area contributed by atoms with E-state index in [1.54, 1.807) is 30.3 Å². The van der Waals surface area contributed by atoms with Crippen LogP contribution in [0.4, 0.5) is 0 Å². The van der Waals surface area contributed by atoms with Gasteiger partial charge in [-0.1, -0.05) is 29.8 Å². The zero-order chi connectivity index (χ0) is 16.8. The molecule has 0 saturated heterocycles. The molecule has 0 heterocycles. The largest absolute Gasteiger partial charge is 0.496 e. The molecule has 4 nitrogen and oxygen atoms in total. The minimum Gasteiger partial charge on any atom is -0.496 e. The van der Waals surface area contributed by atoms with Crippen molar-refractivity contribution in [2.24, 2.45) is 0 Å². The molecule has 0 atom stereocenters. The molecule has 0 radical (unpaired) electrons. The molecule has 0 N–H and O–H groups in total. The second-order valence-electron chi connectivity index (χ2n) is 4.66. The molecule has 2 aromatic carbocycles. The Hall–Kier alpha value is -2.46. The maximum Gasteiger partial charge on any atom is 0.189 e. The van der Waals surface area contributed by atoms with Gasteiger partial charge in [-0.3, -0.25) is 4.79 Å². The lowest BCUT2D eigenvalue weighted by Crippen LogP contribution is -2.01. The highest BCUT2D eigenvalue weighted by Gasteiger charge is 2.15. The monoisotopic (exact) mass is 332 g/mol. The van der Waals surface area contributed by atoms with Crippen LogP contribution >= 0.6 is 11.6 Å². The van der Waals surface area contributed by atoms with E-state index in [4.69, 9.17) is 25.8 Å². The van der Waals surface area contributed by atoms with Gasteiger partial charge in [0.05, 0.1) is 26.9 Å². The van der Waals surface area contributed by atoms with Crippen LogP contribution in [-0.2, 0) is 0 Å². The average molecular weight is 333 g/mol. The first-order valence-corrected chi connectivity index (χ1v) is 7.24. The number of allylic oxidation sites excluding steroid dienone is 1. The van der Waals surface area contributed by atoms with Crippen molar-refractivity contribution < 1.29 is 19.0 Å². The molecule has 0 fully saturated rings. The number of carbonyl (C=O) groups is 1. The number of carbonyl (C=O) groups excluding carboxylic acids is 1. The van der Waals surface area contributed by atoms with Gasteiger partial charge in [0.1, 0.15) is 5.75 Å². The maximum absolute atomic E-state index is 12.4. The van der Waals surface area contributed by atoms with Crippen LogP contribution in [0, 0.1) is 0 Å². The van der Waals surface area contributed by atoms with E-state index >= 15 is 0 Å². The summed E-state index contributed by atoms with van der Waals surface area (Å²) >= 11 is 5.84. The molecule has 23 heavy (non-hydrogen) atoms. The van der Waals surface area contributed by atoms with Gasteiger partial charge in [-0.05, 0) is 29.8 Å². The van der Waals surface area contributed by atoms with Gasteiger partial charge in [0.25, 0.3) is 0 Å². The molecule has 2 aromatic rings. The summed E-state index contributed by atoms with van der Waals surface area (Å²) in [5, 5.41) is 0.648. The third-order valence-corrected chi connectivity index (χ3v) is 3.52. The highest BCUT2D eigenvalue weighted by Crippen LogP contribution is 2.35. The zero-order valence-corrected chi connectivity index (χ0v) is 13.9. The summed E-state index contributed by atoms with van der Waals surface area (Å²) in [5.74, 6) is 1.20. The van der Waals surface area contributed by atoms with E-state index in [1.807, 2.05) is 12.1 Å². The fraction of sp³-hybridized carbons (Fsp3) is 0.167. The standard InChI is InChI=1S/C18H17ClO4/c1-21-16-11-18(23-3)17(22-2)10-14(16)15(20)9-6-12-4-7-13(19)8-5-12/h4-11H,1-3H3/b9-6+. The van der Waals surface area contributed by atoms with Gasteiger partial charge in [0.2, 0.25) is 0 Å². The lowest BCUT2D eigenvalue weighted by Gasteiger charge is -2.12. The SMILES string of the molecule is COc1cc(OC)c(C(=O)/C=C/c2ccc(Cl)cc2)cc1OC. The molecule has 0 aliphatic rings. The predicted molar refractivity (Wildman–Crippen MR) is 90.9 cm³/mol. The Bertz CT molecular complexity index is 721. The Morgan fingerprint density at radius 2 is 1.48 bits per heavy atom. The van der Waals surface area contributed by atoms with Crippen molar-refractivity contribution >= 4 is 23.5 Å². The third kappa shape index (κ3) is 4.05. The highest BCUT2D eigenvalue weighted by atomic mass is 35.5. The van der Waals surface area contributed by atoms with Crippen molar-refractivity contribution in [1.82, 2.24) is 0 Å². The van der Waals surface area contributed by atoms with Crippen LogP contribution in [0.2, 0.25) is 5.02 Å². The average Bonchev–Trinajstić information content (AvgIpc) is 2.59. The molecule has 0 aliphatic heterocycles. The normalized spacial score (nSPS) is 10.6. The summed E-state index contributed by atoms with van der Waals surface area (Å²) in [5.41, 5.74) is 1.28. The van der Waals surface area contributed by atoms with Gasteiger partial charge >= 0.3 is 0 Å². The molecule has 5 heteroatoms. The van der Waals surface area contributed by atoms with Crippen molar-refractivity contribution in [3.8, 4) is 17.2 Å². The number of halogens is 1. The van der Waals surface area contributed by atoms with Crippen LogP contribution in [0.15, 0.2) is 42.5 Å². The topological polar surface area (TPSA) is 44.8 Å². The second-order valence-corrected chi connectivity index (χ2v) is 5.09. The molecule has 0 amide bonds. The fourth-order valence-corrected chi connectivity index (χ4v) is 2.18.